The number of carbonyl (C=O) groups is 2. The molecule has 2 amide bonds. The van der Waals surface area contributed by atoms with Crippen LogP contribution in [0.1, 0.15) is 45.1 Å². The number of aryl methyl sites for hydroxylation is 1. The molecule has 1 saturated heterocycles. The standard InChI is InChI=1S/C24H33N5O5/c1-5-7-11-27(20-21(25)28(10-6-2)24(33)26-22(20)31)23(32)16-13-19(30)29(14-16)17-12-15(3)8-9-18(17)34-4/h8-9,12,16H,5-7,10-11,13-14,25H2,1-4H3,(H,26,31,33)/t16-/m1/s1. The number of benzene rings is 1. The molecule has 1 aliphatic rings. The van der Waals surface area contributed by atoms with E-state index < -0.39 is 17.2 Å². The molecular formula is C24H33N5O5. The van der Waals surface area contributed by atoms with Crippen molar-refractivity contribution in [3.63, 3.8) is 0 Å². The van der Waals surface area contributed by atoms with E-state index >= 15 is 0 Å². The Balaban J connectivity index is 1.99. The summed E-state index contributed by atoms with van der Waals surface area (Å²) in [7, 11) is 1.53. The number of nitrogens with zero attached hydrogens (tertiary/aromatic N) is 3. The lowest BCUT2D eigenvalue weighted by atomic mass is 10.1. The van der Waals surface area contributed by atoms with Crippen molar-refractivity contribution in [2.75, 3.05) is 35.7 Å². The zero-order valence-electron chi connectivity index (χ0n) is 20.2. The van der Waals surface area contributed by atoms with Gasteiger partial charge in [0.2, 0.25) is 11.8 Å². The van der Waals surface area contributed by atoms with Crippen molar-refractivity contribution < 1.29 is 14.3 Å². The van der Waals surface area contributed by atoms with Gasteiger partial charge in [-0.3, -0.25) is 23.9 Å². The van der Waals surface area contributed by atoms with E-state index in [1.807, 2.05) is 32.9 Å². The van der Waals surface area contributed by atoms with Gasteiger partial charge in [-0.2, -0.15) is 0 Å². The summed E-state index contributed by atoms with van der Waals surface area (Å²) < 4.78 is 6.69. The molecular weight excluding hydrogens is 438 g/mol. The number of ether oxygens (including phenoxy) is 1. The first-order valence-electron chi connectivity index (χ1n) is 11.6. The van der Waals surface area contributed by atoms with Crippen LogP contribution < -0.4 is 31.5 Å². The molecule has 34 heavy (non-hydrogen) atoms. The number of rotatable bonds is 9. The molecule has 3 N–H and O–H groups in total. The van der Waals surface area contributed by atoms with Crippen LogP contribution >= 0.6 is 0 Å². The second-order valence-electron chi connectivity index (χ2n) is 8.57. The van der Waals surface area contributed by atoms with Crippen LogP contribution in [-0.4, -0.2) is 41.6 Å². The highest BCUT2D eigenvalue weighted by Crippen LogP contribution is 2.35. The van der Waals surface area contributed by atoms with Crippen LogP contribution in [0.2, 0.25) is 0 Å². The SMILES string of the molecule is CCCCN(C(=O)[C@@H]1CC(=O)N(c2cc(C)ccc2OC)C1)c1c(N)n(CCC)c(=O)[nH]c1=O. The number of amides is 2. The minimum atomic E-state index is -0.708. The first kappa shape index (κ1) is 25.1. The molecule has 10 nitrogen and oxygen atoms in total. The maximum atomic E-state index is 13.7. The number of hydrogen-bond donors (Lipinski definition) is 2. The maximum absolute atomic E-state index is 13.7. The van der Waals surface area contributed by atoms with Gasteiger partial charge in [0.25, 0.3) is 5.56 Å². The van der Waals surface area contributed by atoms with Gasteiger partial charge in [-0.15, -0.1) is 0 Å². The molecule has 1 aliphatic heterocycles. The van der Waals surface area contributed by atoms with Crippen molar-refractivity contribution in [1.82, 2.24) is 9.55 Å². The highest BCUT2D eigenvalue weighted by molar-refractivity contribution is 6.05. The molecule has 2 aromatic rings. The Hall–Kier alpha value is -3.56. The van der Waals surface area contributed by atoms with E-state index in [4.69, 9.17) is 10.5 Å². The summed E-state index contributed by atoms with van der Waals surface area (Å²) in [6.07, 6.45) is 2.05. The summed E-state index contributed by atoms with van der Waals surface area (Å²) in [5.74, 6) is -0.728. The van der Waals surface area contributed by atoms with Gasteiger partial charge in [-0.25, -0.2) is 4.79 Å². The Morgan fingerprint density at radius 1 is 1.24 bits per heavy atom. The molecule has 1 atom stereocenters. The number of nitrogens with two attached hydrogens (primary N) is 1. The predicted molar refractivity (Wildman–Crippen MR) is 131 cm³/mol. The fraction of sp³-hybridized carbons (Fsp3) is 0.500. The number of unbranched alkanes of at least 4 members (excludes halogenated alkanes) is 1. The third kappa shape index (κ3) is 4.85. The number of methoxy groups -OCH3 is 1. The lowest BCUT2D eigenvalue weighted by Gasteiger charge is -2.27. The zero-order valence-corrected chi connectivity index (χ0v) is 20.2. The quantitative estimate of drug-likeness (QED) is 0.575. The van der Waals surface area contributed by atoms with Crippen LogP contribution in [0, 0.1) is 12.8 Å². The van der Waals surface area contributed by atoms with Crippen LogP contribution in [0.15, 0.2) is 27.8 Å². The van der Waals surface area contributed by atoms with Gasteiger partial charge in [0.1, 0.15) is 11.6 Å². The summed E-state index contributed by atoms with van der Waals surface area (Å²) in [5, 5.41) is 0. The molecule has 10 heteroatoms. The van der Waals surface area contributed by atoms with Crippen LogP contribution in [0.3, 0.4) is 0 Å². The molecule has 0 bridgehead atoms. The average Bonchev–Trinajstić information content (AvgIpc) is 3.19. The molecule has 0 radical (unpaired) electrons. The number of H-pyrrole nitrogens is 1. The van der Waals surface area contributed by atoms with Crippen molar-refractivity contribution in [2.45, 2.75) is 53.0 Å². The predicted octanol–water partition coefficient (Wildman–Crippen LogP) is 2.03. The number of anilines is 3. The van der Waals surface area contributed by atoms with Crippen molar-refractivity contribution in [1.29, 1.82) is 0 Å². The lowest BCUT2D eigenvalue weighted by Crippen LogP contribution is -2.44. The summed E-state index contributed by atoms with van der Waals surface area (Å²) >= 11 is 0. The smallest absolute Gasteiger partial charge is 0.330 e. The minimum absolute atomic E-state index is 0.00492. The van der Waals surface area contributed by atoms with E-state index in [1.54, 1.807) is 11.0 Å². The second kappa shape index (κ2) is 10.6. The largest absolute Gasteiger partial charge is 0.495 e. The van der Waals surface area contributed by atoms with Gasteiger partial charge in [0.15, 0.2) is 5.69 Å². The molecule has 2 heterocycles. The summed E-state index contributed by atoms with van der Waals surface area (Å²) in [6.45, 7) is 6.50. The van der Waals surface area contributed by atoms with Crippen LogP contribution in [0.25, 0.3) is 0 Å². The normalized spacial score (nSPS) is 15.6. The molecule has 1 aromatic heterocycles. The molecule has 0 saturated carbocycles. The van der Waals surface area contributed by atoms with E-state index in [0.717, 1.165) is 12.0 Å². The van der Waals surface area contributed by atoms with Gasteiger partial charge in [-0.1, -0.05) is 26.3 Å². The maximum Gasteiger partial charge on any atom is 0.330 e. The van der Waals surface area contributed by atoms with Crippen LogP contribution in [-0.2, 0) is 16.1 Å². The number of nitrogen functional groups attached to an aromatic ring is 1. The van der Waals surface area contributed by atoms with Gasteiger partial charge < -0.3 is 20.3 Å². The monoisotopic (exact) mass is 471 g/mol. The molecule has 3 rings (SSSR count). The Labute approximate surface area is 198 Å². The molecule has 184 valence electrons. The summed E-state index contributed by atoms with van der Waals surface area (Å²) in [4.78, 5) is 56.8. The Bertz CT molecular complexity index is 1190. The zero-order chi connectivity index (χ0) is 25.0. The minimum Gasteiger partial charge on any atom is -0.495 e. The number of carbonyl (C=O) groups excluding carboxylic acids is 2. The number of hydrogen-bond acceptors (Lipinski definition) is 6. The average molecular weight is 472 g/mol. The second-order valence-corrected chi connectivity index (χ2v) is 8.57. The molecule has 0 unspecified atom stereocenters. The van der Waals surface area contributed by atoms with Crippen LogP contribution in [0.5, 0.6) is 5.75 Å². The van der Waals surface area contributed by atoms with Crippen molar-refractivity contribution in [3.05, 3.63) is 44.6 Å². The van der Waals surface area contributed by atoms with Crippen LogP contribution in [0.4, 0.5) is 17.2 Å². The molecule has 0 aliphatic carbocycles. The first-order valence-corrected chi connectivity index (χ1v) is 11.6. The number of aromatic nitrogens is 2. The Kier molecular flexibility index (Phi) is 7.80. The third-order valence-electron chi connectivity index (χ3n) is 6.03. The van der Waals surface area contributed by atoms with E-state index in [1.165, 1.54) is 16.6 Å². The van der Waals surface area contributed by atoms with Crippen molar-refractivity contribution in [2.24, 2.45) is 5.92 Å². The van der Waals surface area contributed by atoms with E-state index in [-0.39, 0.29) is 42.8 Å². The van der Waals surface area contributed by atoms with Gasteiger partial charge in [0.05, 0.1) is 18.7 Å². The van der Waals surface area contributed by atoms with Crippen molar-refractivity contribution in [3.8, 4) is 5.75 Å². The fourth-order valence-corrected chi connectivity index (χ4v) is 4.27. The van der Waals surface area contributed by atoms with Gasteiger partial charge in [0, 0.05) is 26.1 Å². The van der Waals surface area contributed by atoms with E-state index in [0.29, 0.717) is 30.8 Å². The highest BCUT2D eigenvalue weighted by atomic mass is 16.5. The lowest BCUT2D eigenvalue weighted by molar-refractivity contribution is -0.124. The Morgan fingerprint density at radius 2 is 1.97 bits per heavy atom. The summed E-state index contributed by atoms with van der Waals surface area (Å²) in [6, 6.07) is 5.53. The molecule has 0 spiro atoms. The highest BCUT2D eigenvalue weighted by Gasteiger charge is 2.39. The van der Waals surface area contributed by atoms with Gasteiger partial charge >= 0.3 is 5.69 Å². The Morgan fingerprint density at radius 3 is 2.62 bits per heavy atom. The first-order chi connectivity index (χ1) is 16.2. The summed E-state index contributed by atoms with van der Waals surface area (Å²) in [5.41, 5.74) is 6.45. The fourth-order valence-electron chi connectivity index (χ4n) is 4.27. The van der Waals surface area contributed by atoms with Crippen molar-refractivity contribution >= 4 is 29.0 Å². The van der Waals surface area contributed by atoms with Gasteiger partial charge in [-0.05, 0) is 37.5 Å². The third-order valence-corrected chi connectivity index (χ3v) is 6.03. The molecule has 1 fully saturated rings. The topological polar surface area (TPSA) is 131 Å². The number of aromatic amines is 1. The number of nitrogens with one attached hydrogen (secondary N) is 1. The molecule has 1 aromatic carbocycles. The van der Waals surface area contributed by atoms with E-state index in [2.05, 4.69) is 4.98 Å². The van der Waals surface area contributed by atoms with E-state index in [9.17, 15) is 19.2 Å².